The van der Waals surface area contributed by atoms with Crippen molar-refractivity contribution in [3.05, 3.63) is 18.0 Å². The van der Waals surface area contributed by atoms with E-state index in [-0.39, 0.29) is 11.3 Å². The van der Waals surface area contributed by atoms with E-state index >= 15 is 0 Å². The van der Waals surface area contributed by atoms with E-state index in [1.807, 2.05) is 17.2 Å². The molecular weight excluding hydrogens is 230 g/mol. The van der Waals surface area contributed by atoms with Gasteiger partial charge < -0.3 is 9.64 Å². The van der Waals surface area contributed by atoms with Crippen LogP contribution < -0.4 is 0 Å². The summed E-state index contributed by atoms with van der Waals surface area (Å²) in [7, 11) is 0. The summed E-state index contributed by atoms with van der Waals surface area (Å²) in [6.07, 6.45) is 1.87. The molecule has 100 valence electrons. The number of hydrogen-bond donors (Lipinski definition) is 0. The summed E-state index contributed by atoms with van der Waals surface area (Å²) in [6.45, 7) is 9.31. The number of aromatic nitrogens is 2. The summed E-state index contributed by atoms with van der Waals surface area (Å²) in [5, 5.41) is 4.45. The predicted octanol–water partition coefficient (Wildman–Crippen LogP) is 1.04. The van der Waals surface area contributed by atoms with Gasteiger partial charge in [-0.25, -0.2) is 0 Å². The summed E-state index contributed by atoms with van der Waals surface area (Å²) < 4.78 is 6.95. The molecular formula is C13H21N3O2. The molecule has 5 heteroatoms. The fourth-order valence-corrected chi connectivity index (χ4v) is 1.90. The third kappa shape index (κ3) is 3.10. The number of hydrogen-bond acceptors (Lipinski definition) is 3. The molecule has 1 aliphatic rings. The number of nitrogens with zero attached hydrogens (tertiary/aromatic N) is 3. The molecule has 1 aromatic rings. The Morgan fingerprint density at radius 1 is 1.39 bits per heavy atom. The quantitative estimate of drug-likeness (QED) is 0.789. The van der Waals surface area contributed by atoms with E-state index in [9.17, 15) is 4.79 Å². The van der Waals surface area contributed by atoms with Gasteiger partial charge in [0, 0.05) is 24.7 Å². The van der Waals surface area contributed by atoms with Gasteiger partial charge in [-0.15, -0.1) is 0 Å². The number of carbonyl (C=O) groups is 1. The fraction of sp³-hybridized carbons (Fsp3) is 0.692. The van der Waals surface area contributed by atoms with Crippen LogP contribution in [0.2, 0.25) is 0 Å². The normalized spacial score (nSPS) is 16.9. The van der Waals surface area contributed by atoms with Crippen molar-refractivity contribution in [3.8, 4) is 0 Å². The lowest BCUT2D eigenvalue weighted by molar-refractivity contribution is -0.136. The van der Waals surface area contributed by atoms with Crippen LogP contribution in [-0.2, 0) is 21.5 Å². The van der Waals surface area contributed by atoms with Crippen LogP contribution in [0.4, 0.5) is 0 Å². The maximum absolute atomic E-state index is 12.0. The molecule has 0 saturated carbocycles. The summed E-state index contributed by atoms with van der Waals surface area (Å²) in [4.78, 5) is 13.9. The summed E-state index contributed by atoms with van der Waals surface area (Å²) >= 11 is 0. The Morgan fingerprint density at radius 2 is 2.06 bits per heavy atom. The minimum absolute atomic E-state index is 0.0211. The van der Waals surface area contributed by atoms with Crippen molar-refractivity contribution in [2.45, 2.75) is 32.7 Å². The molecule has 1 aliphatic heterocycles. The van der Waals surface area contributed by atoms with Crippen LogP contribution in [0, 0.1) is 0 Å². The SMILES string of the molecule is CC(C)(C)c1ccn(CC(=O)N2CCOCC2)n1. The lowest BCUT2D eigenvalue weighted by atomic mass is 9.93. The van der Waals surface area contributed by atoms with E-state index in [0.29, 0.717) is 32.8 Å². The van der Waals surface area contributed by atoms with Crippen molar-refractivity contribution >= 4 is 5.91 Å². The predicted molar refractivity (Wildman–Crippen MR) is 68.3 cm³/mol. The van der Waals surface area contributed by atoms with E-state index in [1.165, 1.54) is 0 Å². The highest BCUT2D eigenvalue weighted by Gasteiger charge is 2.20. The van der Waals surface area contributed by atoms with E-state index in [4.69, 9.17) is 4.74 Å². The average Bonchev–Trinajstić information content (AvgIpc) is 2.78. The second kappa shape index (κ2) is 5.10. The zero-order valence-electron chi connectivity index (χ0n) is 11.3. The van der Waals surface area contributed by atoms with Crippen LogP contribution in [-0.4, -0.2) is 46.9 Å². The summed E-state index contributed by atoms with van der Waals surface area (Å²) in [5.41, 5.74) is 1.03. The van der Waals surface area contributed by atoms with Gasteiger partial charge in [0.05, 0.1) is 18.9 Å². The van der Waals surface area contributed by atoms with Crippen LogP contribution >= 0.6 is 0 Å². The Balaban J connectivity index is 1.96. The topological polar surface area (TPSA) is 47.4 Å². The highest BCUT2D eigenvalue weighted by atomic mass is 16.5. The van der Waals surface area contributed by atoms with Gasteiger partial charge in [0.2, 0.25) is 5.91 Å². The molecule has 18 heavy (non-hydrogen) atoms. The molecule has 0 aromatic carbocycles. The molecule has 0 N–H and O–H groups in total. The molecule has 1 aromatic heterocycles. The van der Waals surface area contributed by atoms with Crippen molar-refractivity contribution in [2.75, 3.05) is 26.3 Å². The highest BCUT2D eigenvalue weighted by Crippen LogP contribution is 2.19. The highest BCUT2D eigenvalue weighted by molar-refractivity contribution is 5.76. The average molecular weight is 251 g/mol. The molecule has 0 unspecified atom stereocenters. The van der Waals surface area contributed by atoms with Crippen LogP contribution in [0.5, 0.6) is 0 Å². The number of carbonyl (C=O) groups excluding carboxylic acids is 1. The molecule has 1 saturated heterocycles. The molecule has 5 nitrogen and oxygen atoms in total. The first-order valence-electron chi connectivity index (χ1n) is 6.36. The molecule has 1 amide bonds. The molecule has 1 fully saturated rings. The second-order valence-corrected chi connectivity index (χ2v) is 5.64. The molecule has 2 rings (SSSR count). The van der Waals surface area contributed by atoms with Gasteiger partial charge in [-0.2, -0.15) is 5.10 Å². The monoisotopic (exact) mass is 251 g/mol. The lowest BCUT2D eigenvalue weighted by Gasteiger charge is -2.26. The van der Waals surface area contributed by atoms with Crippen LogP contribution in [0.1, 0.15) is 26.5 Å². The maximum atomic E-state index is 12.0. The van der Waals surface area contributed by atoms with Crippen LogP contribution in [0.25, 0.3) is 0 Å². The fourth-order valence-electron chi connectivity index (χ4n) is 1.90. The molecule has 0 radical (unpaired) electrons. The lowest BCUT2D eigenvalue weighted by Crippen LogP contribution is -2.42. The van der Waals surface area contributed by atoms with Crippen molar-refractivity contribution < 1.29 is 9.53 Å². The van der Waals surface area contributed by atoms with Crippen molar-refractivity contribution in [2.24, 2.45) is 0 Å². The van der Waals surface area contributed by atoms with E-state index in [1.54, 1.807) is 4.68 Å². The maximum Gasteiger partial charge on any atom is 0.244 e. The minimum Gasteiger partial charge on any atom is -0.378 e. The molecule has 0 aliphatic carbocycles. The smallest absolute Gasteiger partial charge is 0.244 e. The van der Waals surface area contributed by atoms with Gasteiger partial charge in [0.1, 0.15) is 6.54 Å². The molecule has 0 spiro atoms. The van der Waals surface area contributed by atoms with Gasteiger partial charge in [-0.05, 0) is 6.07 Å². The van der Waals surface area contributed by atoms with Crippen molar-refractivity contribution in [3.63, 3.8) is 0 Å². The third-order valence-corrected chi connectivity index (χ3v) is 3.07. The van der Waals surface area contributed by atoms with Gasteiger partial charge in [-0.3, -0.25) is 9.48 Å². The Morgan fingerprint density at radius 3 is 2.61 bits per heavy atom. The number of morpholine rings is 1. The Labute approximate surface area is 108 Å². The van der Waals surface area contributed by atoms with Gasteiger partial charge in [0.15, 0.2) is 0 Å². The van der Waals surface area contributed by atoms with Crippen LogP contribution in [0.15, 0.2) is 12.3 Å². The standard InChI is InChI=1S/C13H21N3O2/c1-13(2,3)11-4-5-16(14-11)10-12(17)15-6-8-18-9-7-15/h4-5H,6-10H2,1-3H3. The Bertz CT molecular complexity index is 414. The van der Waals surface area contributed by atoms with E-state index in [0.717, 1.165) is 5.69 Å². The minimum atomic E-state index is 0.0211. The van der Waals surface area contributed by atoms with E-state index in [2.05, 4.69) is 25.9 Å². The first-order chi connectivity index (χ1) is 8.47. The van der Waals surface area contributed by atoms with Gasteiger partial charge in [-0.1, -0.05) is 20.8 Å². The molecule has 2 heterocycles. The Kier molecular flexibility index (Phi) is 3.71. The van der Waals surface area contributed by atoms with Crippen molar-refractivity contribution in [1.29, 1.82) is 0 Å². The zero-order valence-corrected chi connectivity index (χ0v) is 11.3. The van der Waals surface area contributed by atoms with E-state index < -0.39 is 0 Å². The van der Waals surface area contributed by atoms with Gasteiger partial charge in [0.25, 0.3) is 0 Å². The first-order valence-corrected chi connectivity index (χ1v) is 6.36. The number of amides is 1. The largest absolute Gasteiger partial charge is 0.378 e. The van der Waals surface area contributed by atoms with Crippen LogP contribution in [0.3, 0.4) is 0 Å². The first kappa shape index (κ1) is 13.1. The zero-order chi connectivity index (χ0) is 13.2. The Hall–Kier alpha value is -1.36. The summed E-state index contributed by atoms with van der Waals surface area (Å²) in [6, 6.07) is 1.98. The molecule has 0 atom stereocenters. The van der Waals surface area contributed by atoms with Crippen molar-refractivity contribution in [1.82, 2.24) is 14.7 Å². The molecule has 0 bridgehead atoms. The van der Waals surface area contributed by atoms with Gasteiger partial charge >= 0.3 is 0 Å². The summed E-state index contributed by atoms with van der Waals surface area (Å²) in [5.74, 6) is 0.113. The number of ether oxygens (including phenoxy) is 1. The number of rotatable bonds is 2. The third-order valence-electron chi connectivity index (χ3n) is 3.07. The second-order valence-electron chi connectivity index (χ2n) is 5.64.